The van der Waals surface area contributed by atoms with Crippen LogP contribution in [0.25, 0.3) is 0 Å². The maximum Gasteiger partial charge on any atom is 0.410 e. The molecule has 0 bridgehead atoms. The lowest BCUT2D eigenvalue weighted by Gasteiger charge is -2.26. The highest BCUT2D eigenvalue weighted by Gasteiger charge is 2.31. The fourth-order valence-corrected chi connectivity index (χ4v) is 4.96. The van der Waals surface area contributed by atoms with Gasteiger partial charge in [0.2, 0.25) is 0 Å². The van der Waals surface area contributed by atoms with Crippen LogP contribution in [-0.2, 0) is 22.4 Å². The van der Waals surface area contributed by atoms with E-state index in [-0.39, 0.29) is 6.61 Å². The Morgan fingerprint density at radius 1 is 1.06 bits per heavy atom. The summed E-state index contributed by atoms with van der Waals surface area (Å²) in [5.41, 5.74) is 1.42. The lowest BCUT2D eigenvalue weighted by molar-refractivity contribution is 0.0600. The van der Waals surface area contributed by atoms with E-state index in [4.69, 9.17) is 14.2 Å². The first-order valence-electron chi connectivity index (χ1n) is 10.8. The van der Waals surface area contributed by atoms with Gasteiger partial charge in [0, 0.05) is 11.4 Å². The zero-order valence-corrected chi connectivity index (χ0v) is 19.6. The van der Waals surface area contributed by atoms with Crippen LogP contribution in [0, 0.1) is 0 Å². The molecule has 4 rings (SSSR count). The second-order valence-corrected chi connectivity index (χ2v) is 8.54. The van der Waals surface area contributed by atoms with Crippen LogP contribution in [0.1, 0.15) is 38.1 Å². The summed E-state index contributed by atoms with van der Waals surface area (Å²) in [6, 6.07) is 16.0. The average Bonchev–Trinajstić information content (AvgIpc) is 3.21. The van der Waals surface area contributed by atoms with E-state index in [1.54, 1.807) is 48.2 Å². The number of anilines is 1. The first kappa shape index (κ1) is 23.3. The van der Waals surface area contributed by atoms with Crippen LogP contribution in [0.15, 0.2) is 54.6 Å². The monoisotopic (exact) mass is 480 g/mol. The normalized spacial score (nSPS) is 12.5. The standard InChI is InChI=1S/C25H24N2O6S/c1-3-32-25(30)27-14-13-18-20(15-27)34-23(21(18)24(29)31-2)26-22(28)17-11-7-8-12-19(17)33-16-9-5-4-6-10-16/h4-12H,3,13-15H2,1-2H3,(H,26,28). The van der Waals surface area contributed by atoms with E-state index in [1.807, 2.05) is 18.2 Å². The van der Waals surface area contributed by atoms with Gasteiger partial charge in [0.05, 0.1) is 31.4 Å². The Labute approximate surface area is 201 Å². The number of benzene rings is 2. The second-order valence-electron chi connectivity index (χ2n) is 7.44. The molecule has 0 aliphatic carbocycles. The molecule has 0 atom stereocenters. The van der Waals surface area contributed by atoms with Gasteiger partial charge in [0.1, 0.15) is 16.5 Å². The molecule has 1 aliphatic rings. The number of esters is 1. The predicted octanol–water partition coefficient (Wildman–Crippen LogP) is 5.09. The SMILES string of the molecule is CCOC(=O)N1CCc2c(sc(NC(=O)c3ccccc3Oc3ccccc3)c2C(=O)OC)C1. The minimum Gasteiger partial charge on any atom is -0.465 e. The Balaban J connectivity index is 1.62. The predicted molar refractivity (Wildman–Crippen MR) is 128 cm³/mol. The smallest absolute Gasteiger partial charge is 0.410 e. The molecule has 2 amide bonds. The van der Waals surface area contributed by atoms with E-state index in [2.05, 4.69) is 5.32 Å². The zero-order valence-electron chi connectivity index (χ0n) is 18.8. The van der Waals surface area contributed by atoms with Gasteiger partial charge in [-0.25, -0.2) is 9.59 Å². The van der Waals surface area contributed by atoms with Crippen molar-refractivity contribution in [2.75, 3.05) is 25.6 Å². The molecule has 34 heavy (non-hydrogen) atoms. The van der Waals surface area contributed by atoms with Gasteiger partial charge in [-0.15, -0.1) is 11.3 Å². The van der Waals surface area contributed by atoms with Crippen molar-refractivity contribution in [1.29, 1.82) is 0 Å². The number of thiophene rings is 1. The third-order valence-corrected chi connectivity index (χ3v) is 6.43. The molecule has 0 unspecified atom stereocenters. The molecular weight excluding hydrogens is 456 g/mol. The number of rotatable bonds is 6. The third-order valence-electron chi connectivity index (χ3n) is 5.30. The summed E-state index contributed by atoms with van der Waals surface area (Å²) in [5.74, 6) is 0.0352. The summed E-state index contributed by atoms with van der Waals surface area (Å²) in [5, 5.41) is 3.24. The molecule has 176 valence electrons. The number of carbonyl (C=O) groups excluding carboxylic acids is 3. The van der Waals surface area contributed by atoms with Crippen molar-refractivity contribution in [3.8, 4) is 11.5 Å². The third kappa shape index (κ3) is 4.89. The summed E-state index contributed by atoms with van der Waals surface area (Å²) < 4.78 is 16.0. The van der Waals surface area contributed by atoms with E-state index in [9.17, 15) is 14.4 Å². The lowest BCUT2D eigenvalue weighted by Crippen LogP contribution is -2.36. The maximum atomic E-state index is 13.2. The molecule has 0 radical (unpaired) electrons. The molecular formula is C25H24N2O6S. The number of carbonyl (C=O) groups is 3. The van der Waals surface area contributed by atoms with E-state index >= 15 is 0 Å². The number of para-hydroxylation sites is 2. The van der Waals surface area contributed by atoms with Crippen molar-refractivity contribution in [2.45, 2.75) is 19.9 Å². The Morgan fingerprint density at radius 3 is 2.53 bits per heavy atom. The number of hydrogen-bond donors (Lipinski definition) is 1. The van der Waals surface area contributed by atoms with Crippen LogP contribution in [-0.4, -0.2) is 43.1 Å². The number of amides is 2. The number of nitrogens with one attached hydrogen (secondary N) is 1. The quantitative estimate of drug-likeness (QED) is 0.494. The molecule has 8 nitrogen and oxygen atoms in total. The highest BCUT2D eigenvalue weighted by Crippen LogP contribution is 2.38. The largest absolute Gasteiger partial charge is 0.465 e. The van der Waals surface area contributed by atoms with Crippen LogP contribution in [0.4, 0.5) is 9.80 Å². The first-order valence-corrected chi connectivity index (χ1v) is 11.6. The van der Waals surface area contributed by atoms with Crippen molar-refractivity contribution in [1.82, 2.24) is 4.90 Å². The summed E-state index contributed by atoms with van der Waals surface area (Å²) in [7, 11) is 1.30. The maximum absolute atomic E-state index is 13.2. The fourth-order valence-electron chi connectivity index (χ4n) is 3.71. The molecule has 0 fully saturated rings. The van der Waals surface area contributed by atoms with Gasteiger partial charge in [-0.3, -0.25) is 4.79 Å². The van der Waals surface area contributed by atoms with Crippen molar-refractivity contribution in [3.05, 3.63) is 76.2 Å². The minimum atomic E-state index is -0.536. The average molecular weight is 481 g/mol. The summed E-state index contributed by atoms with van der Waals surface area (Å²) >= 11 is 1.25. The molecule has 1 aromatic heterocycles. The number of fused-ring (bicyclic) bond motifs is 1. The molecule has 0 saturated carbocycles. The van der Waals surface area contributed by atoms with Crippen LogP contribution in [0.2, 0.25) is 0 Å². The zero-order chi connectivity index (χ0) is 24.1. The van der Waals surface area contributed by atoms with Crippen molar-refractivity contribution in [2.24, 2.45) is 0 Å². The number of methoxy groups -OCH3 is 1. The van der Waals surface area contributed by atoms with E-state index in [1.165, 1.54) is 18.4 Å². The molecule has 3 aromatic rings. The highest BCUT2D eigenvalue weighted by molar-refractivity contribution is 7.17. The van der Waals surface area contributed by atoms with E-state index < -0.39 is 18.0 Å². The molecule has 2 aromatic carbocycles. The molecule has 1 N–H and O–H groups in total. The number of hydrogen-bond acceptors (Lipinski definition) is 7. The first-order chi connectivity index (χ1) is 16.5. The number of nitrogens with zero attached hydrogens (tertiary/aromatic N) is 1. The van der Waals surface area contributed by atoms with Gasteiger partial charge in [0.15, 0.2) is 0 Å². The molecule has 0 saturated heterocycles. The van der Waals surface area contributed by atoms with Crippen molar-refractivity contribution >= 4 is 34.3 Å². The van der Waals surface area contributed by atoms with Gasteiger partial charge in [-0.05, 0) is 43.2 Å². The van der Waals surface area contributed by atoms with Gasteiger partial charge >= 0.3 is 12.1 Å². The van der Waals surface area contributed by atoms with Gasteiger partial charge in [-0.1, -0.05) is 30.3 Å². The molecule has 1 aliphatic heterocycles. The summed E-state index contributed by atoms with van der Waals surface area (Å²) in [6.07, 6.45) is 0.0531. The van der Waals surface area contributed by atoms with Crippen molar-refractivity contribution in [3.63, 3.8) is 0 Å². The van der Waals surface area contributed by atoms with Gasteiger partial charge in [0.25, 0.3) is 5.91 Å². The molecule has 9 heteroatoms. The van der Waals surface area contributed by atoms with Crippen LogP contribution in [0.5, 0.6) is 11.5 Å². The van der Waals surface area contributed by atoms with E-state index in [0.29, 0.717) is 47.1 Å². The fraction of sp³-hybridized carbons (Fsp3) is 0.240. The Kier molecular flexibility index (Phi) is 7.12. The molecule has 2 heterocycles. The summed E-state index contributed by atoms with van der Waals surface area (Å²) in [6.45, 7) is 2.74. The Bertz CT molecular complexity index is 1210. The Morgan fingerprint density at radius 2 is 1.79 bits per heavy atom. The highest BCUT2D eigenvalue weighted by atomic mass is 32.1. The Hall–Kier alpha value is -3.85. The van der Waals surface area contributed by atoms with Crippen molar-refractivity contribution < 1.29 is 28.6 Å². The van der Waals surface area contributed by atoms with Crippen LogP contribution >= 0.6 is 11.3 Å². The van der Waals surface area contributed by atoms with Crippen LogP contribution < -0.4 is 10.1 Å². The topological polar surface area (TPSA) is 94.2 Å². The van der Waals surface area contributed by atoms with Gasteiger partial charge in [-0.2, -0.15) is 0 Å². The minimum absolute atomic E-state index is 0.284. The second kappa shape index (κ2) is 10.4. The van der Waals surface area contributed by atoms with Gasteiger partial charge < -0.3 is 24.4 Å². The lowest BCUT2D eigenvalue weighted by atomic mass is 10.0. The van der Waals surface area contributed by atoms with E-state index in [0.717, 1.165) is 10.4 Å². The molecule has 0 spiro atoms. The van der Waals surface area contributed by atoms with Crippen LogP contribution in [0.3, 0.4) is 0 Å². The summed E-state index contributed by atoms with van der Waals surface area (Å²) in [4.78, 5) is 40.4. The number of ether oxygens (including phenoxy) is 3.